The zero-order chi connectivity index (χ0) is 20.1. The minimum Gasteiger partial charge on any atom is -0.494 e. The Balaban J connectivity index is 1.31. The van der Waals surface area contributed by atoms with E-state index in [1.807, 2.05) is 29.2 Å². The first-order valence-electron chi connectivity index (χ1n) is 10.1. The molecule has 152 valence electrons. The lowest BCUT2D eigenvalue weighted by atomic mass is 9.96. The van der Waals surface area contributed by atoms with Gasteiger partial charge in [0, 0.05) is 24.6 Å². The molecule has 1 aromatic carbocycles. The van der Waals surface area contributed by atoms with Gasteiger partial charge in [0.15, 0.2) is 5.76 Å². The molecule has 3 aromatic rings. The Kier molecular flexibility index (Phi) is 5.93. The normalized spacial score (nSPS) is 14.9. The van der Waals surface area contributed by atoms with Crippen molar-refractivity contribution in [3.05, 3.63) is 54.1 Å². The molecule has 3 heterocycles. The SMILES string of the molecule is CCCCOc1ccc(C(=O)N2CCC(c3nnc(-c4ccco4)o3)CC2)cc1. The molecular formula is C22H25N3O4. The summed E-state index contributed by atoms with van der Waals surface area (Å²) in [4.78, 5) is 14.7. The third-order valence-corrected chi connectivity index (χ3v) is 5.17. The van der Waals surface area contributed by atoms with Gasteiger partial charge in [-0.3, -0.25) is 4.79 Å². The van der Waals surface area contributed by atoms with Crippen molar-refractivity contribution in [2.75, 3.05) is 19.7 Å². The minimum atomic E-state index is 0.0466. The number of carbonyl (C=O) groups is 1. The molecular weight excluding hydrogens is 370 g/mol. The Bertz CT molecular complexity index is 910. The van der Waals surface area contributed by atoms with Crippen LogP contribution in [0, 0.1) is 0 Å². The smallest absolute Gasteiger partial charge is 0.283 e. The molecule has 0 spiro atoms. The number of nitrogens with zero attached hydrogens (tertiary/aromatic N) is 3. The van der Waals surface area contributed by atoms with Crippen LogP contribution in [0.5, 0.6) is 5.75 Å². The summed E-state index contributed by atoms with van der Waals surface area (Å²) in [6.07, 6.45) is 5.29. The number of unbranched alkanes of at least 4 members (excludes halogenated alkanes) is 1. The zero-order valence-corrected chi connectivity index (χ0v) is 16.5. The average Bonchev–Trinajstić information content (AvgIpc) is 3.46. The van der Waals surface area contributed by atoms with Crippen molar-refractivity contribution < 1.29 is 18.4 Å². The Morgan fingerprint density at radius 3 is 2.66 bits per heavy atom. The molecule has 0 saturated carbocycles. The molecule has 1 aliphatic rings. The van der Waals surface area contributed by atoms with Crippen molar-refractivity contribution in [3.8, 4) is 17.4 Å². The Hall–Kier alpha value is -3.09. The predicted molar refractivity (Wildman–Crippen MR) is 107 cm³/mol. The number of ether oxygens (including phenoxy) is 1. The lowest BCUT2D eigenvalue weighted by Gasteiger charge is -2.30. The summed E-state index contributed by atoms with van der Waals surface area (Å²) < 4.78 is 16.7. The lowest BCUT2D eigenvalue weighted by molar-refractivity contribution is 0.0706. The predicted octanol–water partition coefficient (Wildman–Crippen LogP) is 4.53. The van der Waals surface area contributed by atoms with Crippen molar-refractivity contribution in [1.29, 1.82) is 0 Å². The summed E-state index contributed by atoms with van der Waals surface area (Å²) in [6.45, 7) is 4.16. The zero-order valence-electron chi connectivity index (χ0n) is 16.5. The van der Waals surface area contributed by atoms with Gasteiger partial charge >= 0.3 is 0 Å². The fourth-order valence-electron chi connectivity index (χ4n) is 3.44. The Labute approximate surface area is 169 Å². The standard InChI is InChI=1S/C22H25N3O4/c1-2-3-14-27-18-8-6-17(7-9-18)22(26)25-12-10-16(11-13-25)20-23-24-21(29-20)19-5-4-15-28-19/h4-9,15-16H,2-3,10-14H2,1H3. The number of rotatable bonds is 7. The van der Waals surface area contributed by atoms with Crippen LogP contribution < -0.4 is 4.74 Å². The maximum Gasteiger partial charge on any atom is 0.283 e. The van der Waals surface area contributed by atoms with Crippen LogP contribution in [-0.2, 0) is 0 Å². The van der Waals surface area contributed by atoms with Crippen LogP contribution in [0.15, 0.2) is 51.5 Å². The van der Waals surface area contributed by atoms with E-state index in [-0.39, 0.29) is 11.8 Å². The molecule has 7 heteroatoms. The molecule has 0 aliphatic carbocycles. The first kappa shape index (κ1) is 19.2. The van der Waals surface area contributed by atoms with Crippen LogP contribution in [0.3, 0.4) is 0 Å². The second-order valence-corrected chi connectivity index (χ2v) is 7.22. The maximum atomic E-state index is 12.8. The highest BCUT2D eigenvalue weighted by atomic mass is 16.5. The van der Waals surface area contributed by atoms with Crippen LogP contribution >= 0.6 is 0 Å². The molecule has 1 fully saturated rings. The quantitative estimate of drug-likeness (QED) is 0.547. The van der Waals surface area contributed by atoms with Gasteiger partial charge in [-0.05, 0) is 55.7 Å². The van der Waals surface area contributed by atoms with Crippen LogP contribution in [0.1, 0.15) is 54.8 Å². The van der Waals surface area contributed by atoms with E-state index in [9.17, 15) is 4.79 Å². The molecule has 1 aliphatic heterocycles. The van der Waals surface area contributed by atoms with Gasteiger partial charge in [-0.1, -0.05) is 13.3 Å². The van der Waals surface area contributed by atoms with E-state index in [1.54, 1.807) is 18.4 Å². The van der Waals surface area contributed by atoms with Gasteiger partial charge < -0.3 is 18.5 Å². The number of benzene rings is 1. The minimum absolute atomic E-state index is 0.0466. The van der Waals surface area contributed by atoms with Gasteiger partial charge in [-0.2, -0.15) is 0 Å². The molecule has 1 amide bonds. The molecule has 4 rings (SSSR count). The fraction of sp³-hybridized carbons (Fsp3) is 0.409. The number of hydrogen-bond acceptors (Lipinski definition) is 6. The molecule has 29 heavy (non-hydrogen) atoms. The number of furan rings is 1. The number of carbonyl (C=O) groups excluding carboxylic acids is 1. The first-order chi connectivity index (χ1) is 14.2. The van der Waals surface area contributed by atoms with Gasteiger partial charge in [0.05, 0.1) is 12.9 Å². The molecule has 0 unspecified atom stereocenters. The Morgan fingerprint density at radius 1 is 1.17 bits per heavy atom. The van der Waals surface area contributed by atoms with E-state index in [4.69, 9.17) is 13.6 Å². The Morgan fingerprint density at radius 2 is 1.97 bits per heavy atom. The van der Waals surface area contributed by atoms with Gasteiger partial charge in [0.25, 0.3) is 11.8 Å². The molecule has 7 nitrogen and oxygen atoms in total. The summed E-state index contributed by atoms with van der Waals surface area (Å²) in [5, 5.41) is 8.24. The highest BCUT2D eigenvalue weighted by molar-refractivity contribution is 5.94. The molecule has 0 atom stereocenters. The van der Waals surface area contributed by atoms with Crippen LogP contribution in [0.2, 0.25) is 0 Å². The number of piperidine rings is 1. The molecule has 0 N–H and O–H groups in total. The largest absolute Gasteiger partial charge is 0.494 e. The summed E-state index contributed by atoms with van der Waals surface area (Å²) in [5.41, 5.74) is 0.684. The van der Waals surface area contributed by atoms with Crippen molar-refractivity contribution in [2.45, 2.75) is 38.5 Å². The average molecular weight is 395 g/mol. The van der Waals surface area contributed by atoms with E-state index in [2.05, 4.69) is 17.1 Å². The van der Waals surface area contributed by atoms with E-state index in [0.717, 1.165) is 31.4 Å². The molecule has 0 bridgehead atoms. The highest BCUT2D eigenvalue weighted by Gasteiger charge is 2.28. The summed E-state index contributed by atoms with van der Waals surface area (Å²) in [6, 6.07) is 11.0. The monoisotopic (exact) mass is 395 g/mol. The van der Waals surface area contributed by atoms with Gasteiger partial charge in [0.1, 0.15) is 5.75 Å². The topological polar surface area (TPSA) is 81.6 Å². The number of hydrogen-bond donors (Lipinski definition) is 0. The lowest BCUT2D eigenvalue weighted by Crippen LogP contribution is -2.38. The van der Waals surface area contributed by atoms with E-state index < -0.39 is 0 Å². The van der Waals surface area contributed by atoms with Crippen molar-refractivity contribution in [1.82, 2.24) is 15.1 Å². The maximum absolute atomic E-state index is 12.8. The van der Waals surface area contributed by atoms with Crippen LogP contribution in [0.4, 0.5) is 0 Å². The van der Waals surface area contributed by atoms with Crippen molar-refractivity contribution in [2.24, 2.45) is 0 Å². The number of amides is 1. The highest BCUT2D eigenvalue weighted by Crippen LogP contribution is 2.30. The number of aromatic nitrogens is 2. The fourth-order valence-corrected chi connectivity index (χ4v) is 3.44. The molecule has 0 radical (unpaired) electrons. The van der Waals surface area contributed by atoms with Crippen molar-refractivity contribution >= 4 is 5.91 Å². The third-order valence-electron chi connectivity index (χ3n) is 5.17. The van der Waals surface area contributed by atoms with Gasteiger partial charge in [-0.25, -0.2) is 0 Å². The van der Waals surface area contributed by atoms with Crippen molar-refractivity contribution in [3.63, 3.8) is 0 Å². The second kappa shape index (κ2) is 8.94. The first-order valence-corrected chi connectivity index (χ1v) is 10.1. The van der Waals surface area contributed by atoms with E-state index in [0.29, 0.717) is 42.8 Å². The number of likely N-dealkylation sites (tertiary alicyclic amines) is 1. The second-order valence-electron chi connectivity index (χ2n) is 7.22. The summed E-state index contributed by atoms with van der Waals surface area (Å²) in [7, 11) is 0. The van der Waals surface area contributed by atoms with Gasteiger partial charge in [0.2, 0.25) is 5.89 Å². The van der Waals surface area contributed by atoms with E-state index in [1.165, 1.54) is 0 Å². The van der Waals surface area contributed by atoms with E-state index >= 15 is 0 Å². The molecule has 1 saturated heterocycles. The summed E-state index contributed by atoms with van der Waals surface area (Å²) in [5.74, 6) is 2.58. The summed E-state index contributed by atoms with van der Waals surface area (Å²) >= 11 is 0. The van der Waals surface area contributed by atoms with Crippen LogP contribution in [-0.4, -0.2) is 40.7 Å². The van der Waals surface area contributed by atoms with Gasteiger partial charge in [-0.15, -0.1) is 10.2 Å². The van der Waals surface area contributed by atoms with Crippen LogP contribution in [0.25, 0.3) is 11.7 Å². The molecule has 2 aromatic heterocycles. The third kappa shape index (κ3) is 4.50.